The Hall–Kier alpha value is -2.25. The largest absolute Gasteiger partial charge is 0.492 e. The number of hydrogen-bond acceptors (Lipinski definition) is 4. The lowest BCUT2D eigenvalue weighted by Crippen LogP contribution is -2.43. The number of para-hydroxylation sites is 1. The highest BCUT2D eigenvalue weighted by molar-refractivity contribution is 9.10. The number of hydrogen-bond donors (Lipinski definition) is 2. The second kappa shape index (κ2) is 10.9. The molecule has 0 fully saturated rings. The van der Waals surface area contributed by atoms with E-state index in [2.05, 4.69) is 40.6 Å². The summed E-state index contributed by atoms with van der Waals surface area (Å²) in [4.78, 5) is 24.0. The molecule has 2 aromatic carbocycles. The quantitative estimate of drug-likeness (QED) is 0.563. The molecule has 2 amide bonds. The molecule has 28 heavy (non-hydrogen) atoms. The van der Waals surface area contributed by atoms with Crippen LogP contribution in [0.1, 0.15) is 30.6 Å². The second-order valence-corrected chi connectivity index (χ2v) is 7.66. The summed E-state index contributed by atoms with van der Waals surface area (Å²) in [6.45, 7) is 4.57. The number of rotatable bonds is 8. The first kappa shape index (κ1) is 22.0. The average Bonchev–Trinajstić information content (AvgIpc) is 2.66. The molecule has 0 atom stereocenters. The van der Waals surface area contributed by atoms with Crippen molar-refractivity contribution in [3.63, 3.8) is 0 Å². The van der Waals surface area contributed by atoms with Crippen molar-refractivity contribution in [3.05, 3.63) is 57.5 Å². The highest BCUT2D eigenvalue weighted by Gasteiger charge is 2.11. The van der Waals surface area contributed by atoms with Gasteiger partial charge in [0.25, 0.3) is 11.8 Å². The van der Waals surface area contributed by atoms with Crippen molar-refractivity contribution < 1.29 is 19.1 Å². The molecule has 0 radical (unpaired) electrons. The SMILES string of the molecule is CC(C)CCOc1ccc(C(=O)NNC(=O)COc2ccccc2Cl)cc1Br. The summed E-state index contributed by atoms with van der Waals surface area (Å²) < 4.78 is 11.7. The summed E-state index contributed by atoms with van der Waals surface area (Å²) in [6, 6.07) is 11.8. The fraction of sp³-hybridized carbons (Fsp3) is 0.300. The Bertz CT molecular complexity index is 830. The van der Waals surface area contributed by atoms with Crippen LogP contribution in [-0.4, -0.2) is 25.0 Å². The Kier molecular flexibility index (Phi) is 8.60. The van der Waals surface area contributed by atoms with Gasteiger partial charge in [-0.25, -0.2) is 0 Å². The van der Waals surface area contributed by atoms with E-state index in [1.165, 1.54) is 0 Å². The predicted molar refractivity (Wildman–Crippen MR) is 112 cm³/mol. The van der Waals surface area contributed by atoms with E-state index in [-0.39, 0.29) is 6.61 Å². The second-order valence-electron chi connectivity index (χ2n) is 6.40. The van der Waals surface area contributed by atoms with Crippen molar-refractivity contribution in [1.29, 1.82) is 0 Å². The van der Waals surface area contributed by atoms with E-state index < -0.39 is 11.8 Å². The van der Waals surface area contributed by atoms with E-state index in [4.69, 9.17) is 21.1 Å². The van der Waals surface area contributed by atoms with Crippen molar-refractivity contribution in [1.82, 2.24) is 10.9 Å². The maximum Gasteiger partial charge on any atom is 0.276 e. The molecule has 0 aliphatic heterocycles. The monoisotopic (exact) mass is 468 g/mol. The van der Waals surface area contributed by atoms with E-state index in [1.807, 2.05) is 0 Å². The number of carbonyl (C=O) groups is 2. The average molecular weight is 470 g/mol. The van der Waals surface area contributed by atoms with Crippen LogP contribution in [0.15, 0.2) is 46.9 Å². The summed E-state index contributed by atoms with van der Waals surface area (Å²) in [5.41, 5.74) is 5.01. The van der Waals surface area contributed by atoms with Gasteiger partial charge in [0, 0.05) is 5.56 Å². The highest BCUT2D eigenvalue weighted by atomic mass is 79.9. The summed E-state index contributed by atoms with van der Waals surface area (Å²) in [7, 11) is 0. The maximum absolute atomic E-state index is 12.2. The number of benzene rings is 2. The third-order valence-corrected chi connectivity index (χ3v) is 4.59. The Morgan fingerprint density at radius 1 is 1.07 bits per heavy atom. The van der Waals surface area contributed by atoms with Crippen molar-refractivity contribution in [2.75, 3.05) is 13.2 Å². The van der Waals surface area contributed by atoms with Crippen molar-refractivity contribution in [2.24, 2.45) is 5.92 Å². The van der Waals surface area contributed by atoms with Gasteiger partial charge in [-0.15, -0.1) is 0 Å². The van der Waals surface area contributed by atoms with Gasteiger partial charge in [0.15, 0.2) is 6.61 Å². The number of hydrazine groups is 1. The first-order chi connectivity index (χ1) is 13.4. The van der Waals surface area contributed by atoms with E-state index in [9.17, 15) is 9.59 Å². The molecule has 0 spiro atoms. The van der Waals surface area contributed by atoms with Gasteiger partial charge in [-0.05, 0) is 58.6 Å². The first-order valence-corrected chi connectivity index (χ1v) is 9.92. The van der Waals surface area contributed by atoms with Crippen LogP contribution in [0.4, 0.5) is 0 Å². The molecule has 2 rings (SSSR count). The fourth-order valence-electron chi connectivity index (χ4n) is 2.10. The van der Waals surface area contributed by atoms with Crippen LogP contribution in [0.2, 0.25) is 5.02 Å². The van der Waals surface area contributed by atoms with E-state index in [0.29, 0.717) is 39.1 Å². The van der Waals surface area contributed by atoms with Gasteiger partial charge in [-0.2, -0.15) is 0 Å². The zero-order chi connectivity index (χ0) is 20.5. The van der Waals surface area contributed by atoms with Crippen molar-refractivity contribution >= 4 is 39.3 Å². The zero-order valence-electron chi connectivity index (χ0n) is 15.6. The number of nitrogens with one attached hydrogen (secondary N) is 2. The van der Waals surface area contributed by atoms with Crippen LogP contribution in [0.3, 0.4) is 0 Å². The molecule has 2 N–H and O–H groups in total. The third-order valence-electron chi connectivity index (χ3n) is 3.66. The molecule has 0 heterocycles. The van der Waals surface area contributed by atoms with Gasteiger partial charge in [0.05, 0.1) is 16.1 Å². The fourth-order valence-corrected chi connectivity index (χ4v) is 2.79. The number of amides is 2. The summed E-state index contributed by atoms with van der Waals surface area (Å²) in [5.74, 6) is 0.632. The van der Waals surface area contributed by atoms with Gasteiger partial charge in [-0.3, -0.25) is 20.4 Å². The van der Waals surface area contributed by atoms with E-state index in [1.54, 1.807) is 42.5 Å². The molecule has 0 aromatic heterocycles. The molecule has 0 saturated carbocycles. The molecular formula is C20H22BrClN2O4. The smallest absolute Gasteiger partial charge is 0.276 e. The van der Waals surface area contributed by atoms with Gasteiger partial charge in [0.1, 0.15) is 11.5 Å². The molecule has 0 saturated heterocycles. The summed E-state index contributed by atoms with van der Waals surface area (Å²) >= 11 is 9.34. The maximum atomic E-state index is 12.2. The van der Waals surface area contributed by atoms with Gasteiger partial charge in [-0.1, -0.05) is 37.6 Å². The van der Waals surface area contributed by atoms with Crippen LogP contribution in [0.25, 0.3) is 0 Å². The number of ether oxygens (including phenoxy) is 2. The molecule has 0 aliphatic rings. The van der Waals surface area contributed by atoms with Crippen LogP contribution < -0.4 is 20.3 Å². The minimum Gasteiger partial charge on any atom is -0.492 e. The summed E-state index contributed by atoms with van der Waals surface area (Å²) in [5, 5.41) is 0.403. The number of carbonyl (C=O) groups excluding carboxylic acids is 2. The Labute approximate surface area is 177 Å². The predicted octanol–water partition coefficient (Wildman–Crippen LogP) is 4.37. The molecular weight excluding hydrogens is 448 g/mol. The van der Waals surface area contributed by atoms with E-state index >= 15 is 0 Å². The third kappa shape index (κ3) is 7.05. The minimum absolute atomic E-state index is 0.281. The highest BCUT2D eigenvalue weighted by Crippen LogP contribution is 2.26. The Morgan fingerprint density at radius 3 is 2.50 bits per heavy atom. The van der Waals surface area contributed by atoms with Gasteiger partial charge in [0.2, 0.25) is 0 Å². The lowest BCUT2D eigenvalue weighted by atomic mass is 10.1. The van der Waals surface area contributed by atoms with Gasteiger partial charge < -0.3 is 9.47 Å². The normalized spacial score (nSPS) is 10.5. The summed E-state index contributed by atoms with van der Waals surface area (Å²) in [6.07, 6.45) is 0.941. The molecule has 6 nitrogen and oxygen atoms in total. The Balaban J connectivity index is 1.81. The van der Waals surface area contributed by atoms with Crippen LogP contribution in [-0.2, 0) is 4.79 Å². The Morgan fingerprint density at radius 2 is 1.82 bits per heavy atom. The van der Waals surface area contributed by atoms with Crippen molar-refractivity contribution in [2.45, 2.75) is 20.3 Å². The van der Waals surface area contributed by atoms with Crippen molar-refractivity contribution in [3.8, 4) is 11.5 Å². The lowest BCUT2D eigenvalue weighted by Gasteiger charge is -2.12. The van der Waals surface area contributed by atoms with Gasteiger partial charge >= 0.3 is 0 Å². The zero-order valence-corrected chi connectivity index (χ0v) is 18.0. The molecule has 150 valence electrons. The molecule has 0 unspecified atom stereocenters. The molecule has 2 aromatic rings. The molecule has 8 heteroatoms. The topological polar surface area (TPSA) is 76.7 Å². The first-order valence-electron chi connectivity index (χ1n) is 8.75. The van der Waals surface area contributed by atoms with E-state index in [0.717, 1.165) is 6.42 Å². The van der Waals surface area contributed by atoms with Crippen LogP contribution in [0, 0.1) is 5.92 Å². The van der Waals surface area contributed by atoms with Crippen LogP contribution in [0.5, 0.6) is 11.5 Å². The molecule has 0 aliphatic carbocycles. The molecule has 0 bridgehead atoms. The minimum atomic E-state index is -0.513. The lowest BCUT2D eigenvalue weighted by molar-refractivity contribution is -0.123. The van der Waals surface area contributed by atoms with Crippen LogP contribution >= 0.6 is 27.5 Å². The standard InChI is InChI=1S/C20H22BrClN2O4/c1-13(2)9-10-27-17-8-7-14(11-15(17)21)20(26)24-23-19(25)12-28-18-6-4-3-5-16(18)22/h3-8,11,13H,9-10,12H2,1-2H3,(H,23,25)(H,24,26). The number of halogens is 2.